The summed E-state index contributed by atoms with van der Waals surface area (Å²) in [4.78, 5) is 25.0. The normalized spacial score (nSPS) is 34.7. The van der Waals surface area contributed by atoms with Crippen molar-refractivity contribution in [2.75, 3.05) is 12.4 Å². The van der Waals surface area contributed by atoms with E-state index < -0.39 is 45.0 Å². The Morgan fingerprint density at radius 3 is 2.39 bits per heavy atom. The van der Waals surface area contributed by atoms with Crippen LogP contribution in [0.5, 0.6) is 0 Å². The van der Waals surface area contributed by atoms with E-state index in [4.69, 9.17) is 14.0 Å². The van der Waals surface area contributed by atoms with Crippen molar-refractivity contribution in [3.8, 4) is 0 Å². The Labute approximate surface area is 164 Å². The smallest absolute Gasteiger partial charge is 0.333 e. The number of ether oxygens (including phenoxy) is 2. The molecule has 4 bridgehead atoms. The minimum absolute atomic E-state index is 0.259. The van der Waals surface area contributed by atoms with E-state index in [1.807, 2.05) is 0 Å². The van der Waals surface area contributed by atoms with Crippen LogP contribution in [0, 0.1) is 17.3 Å². The minimum atomic E-state index is -4.41. The van der Waals surface area contributed by atoms with Gasteiger partial charge in [-0.25, -0.2) is 9.18 Å². The zero-order valence-electron chi connectivity index (χ0n) is 16.0. The van der Waals surface area contributed by atoms with Crippen LogP contribution in [0.2, 0.25) is 0 Å². The van der Waals surface area contributed by atoms with Crippen molar-refractivity contribution in [3.63, 3.8) is 0 Å². The number of esters is 2. The van der Waals surface area contributed by atoms with E-state index in [9.17, 15) is 22.4 Å². The number of hydrogen-bond donors (Lipinski definition) is 1. The van der Waals surface area contributed by atoms with E-state index in [1.54, 1.807) is 6.92 Å². The van der Waals surface area contributed by atoms with Gasteiger partial charge in [0.05, 0.1) is 12.0 Å². The van der Waals surface area contributed by atoms with Crippen molar-refractivity contribution in [3.05, 3.63) is 12.2 Å². The zero-order chi connectivity index (χ0) is 20.7. The molecular weight excluding hydrogens is 391 g/mol. The molecule has 0 saturated heterocycles. The SMILES string of the molecule is C=C(C)C(=O)OC12CC3CC(C1)CC(C(=O)OCCC(F)CS(=O)(=O)O)(C3)C2. The van der Waals surface area contributed by atoms with Crippen molar-refractivity contribution in [2.24, 2.45) is 17.3 Å². The number of carbonyl (C=O) groups is 2. The average Bonchev–Trinajstić information content (AvgIpc) is 2.51. The van der Waals surface area contributed by atoms with E-state index in [0.717, 1.165) is 19.3 Å². The zero-order valence-corrected chi connectivity index (χ0v) is 16.8. The van der Waals surface area contributed by atoms with Gasteiger partial charge in [0.15, 0.2) is 0 Å². The second kappa shape index (κ2) is 7.40. The molecule has 4 saturated carbocycles. The summed E-state index contributed by atoms with van der Waals surface area (Å²) in [6.07, 6.45) is 2.10. The maximum atomic E-state index is 13.6. The molecule has 4 aliphatic carbocycles. The Morgan fingerprint density at radius 1 is 1.25 bits per heavy atom. The molecule has 28 heavy (non-hydrogen) atoms. The first-order valence-electron chi connectivity index (χ1n) is 9.57. The third-order valence-corrected chi connectivity index (χ3v) is 6.94. The summed E-state index contributed by atoms with van der Waals surface area (Å²) in [6, 6.07) is 0. The summed E-state index contributed by atoms with van der Waals surface area (Å²) < 4.78 is 54.7. The molecule has 1 N–H and O–H groups in total. The lowest BCUT2D eigenvalue weighted by atomic mass is 9.48. The predicted octanol–water partition coefficient (Wildman–Crippen LogP) is 2.60. The number of rotatable bonds is 8. The van der Waals surface area contributed by atoms with Gasteiger partial charge in [-0.15, -0.1) is 0 Å². The molecule has 0 aromatic heterocycles. The fourth-order valence-corrected chi connectivity index (χ4v) is 6.19. The number of alkyl halides is 1. The monoisotopic (exact) mass is 418 g/mol. The van der Waals surface area contributed by atoms with Crippen molar-refractivity contribution in [1.82, 2.24) is 0 Å². The molecule has 9 heteroatoms. The summed E-state index contributed by atoms with van der Waals surface area (Å²) in [5.41, 5.74) is -1.10. The molecule has 0 aromatic carbocycles. The first-order valence-corrected chi connectivity index (χ1v) is 11.2. The van der Waals surface area contributed by atoms with Crippen LogP contribution in [-0.2, 0) is 29.2 Å². The molecule has 0 spiro atoms. The van der Waals surface area contributed by atoms with Gasteiger partial charge in [-0.2, -0.15) is 8.42 Å². The van der Waals surface area contributed by atoms with E-state index in [1.165, 1.54) is 0 Å². The molecule has 0 aromatic rings. The van der Waals surface area contributed by atoms with Crippen molar-refractivity contribution in [1.29, 1.82) is 0 Å². The molecule has 4 rings (SSSR count). The van der Waals surface area contributed by atoms with Gasteiger partial charge >= 0.3 is 11.9 Å². The van der Waals surface area contributed by atoms with E-state index in [0.29, 0.717) is 24.8 Å². The lowest BCUT2D eigenvalue weighted by molar-refractivity contribution is -0.210. The Hall–Kier alpha value is -1.48. The fraction of sp³-hybridized carbons (Fsp3) is 0.789. The molecule has 0 amide bonds. The largest absolute Gasteiger partial charge is 0.465 e. The summed E-state index contributed by atoms with van der Waals surface area (Å²) >= 11 is 0. The Bertz CT molecular complexity index is 761. The van der Waals surface area contributed by atoms with Crippen LogP contribution in [0.1, 0.15) is 51.9 Å². The van der Waals surface area contributed by atoms with Crippen LogP contribution in [0.25, 0.3) is 0 Å². The van der Waals surface area contributed by atoms with E-state index in [2.05, 4.69) is 6.58 Å². The summed E-state index contributed by atoms with van der Waals surface area (Å²) in [5.74, 6) is -1.34. The lowest BCUT2D eigenvalue weighted by Gasteiger charge is -2.59. The Morgan fingerprint density at radius 2 is 1.86 bits per heavy atom. The van der Waals surface area contributed by atoms with Crippen LogP contribution in [0.15, 0.2) is 12.2 Å². The summed E-state index contributed by atoms with van der Waals surface area (Å²) in [7, 11) is -4.41. The van der Waals surface area contributed by atoms with Crippen LogP contribution < -0.4 is 0 Å². The Kier molecular flexibility index (Phi) is 5.62. The van der Waals surface area contributed by atoms with Crippen molar-refractivity contribution >= 4 is 22.1 Å². The minimum Gasteiger partial charge on any atom is -0.465 e. The summed E-state index contributed by atoms with van der Waals surface area (Å²) in [6.45, 7) is 4.96. The summed E-state index contributed by atoms with van der Waals surface area (Å²) in [5, 5.41) is 0. The maximum absolute atomic E-state index is 13.6. The van der Waals surface area contributed by atoms with Crippen molar-refractivity contribution < 1.29 is 36.4 Å². The topological polar surface area (TPSA) is 107 Å². The predicted molar refractivity (Wildman–Crippen MR) is 97.6 cm³/mol. The lowest BCUT2D eigenvalue weighted by Crippen LogP contribution is -2.60. The first-order chi connectivity index (χ1) is 12.9. The highest BCUT2D eigenvalue weighted by Gasteiger charge is 2.63. The highest BCUT2D eigenvalue weighted by molar-refractivity contribution is 7.85. The molecule has 7 nitrogen and oxygen atoms in total. The van der Waals surface area contributed by atoms with Crippen LogP contribution >= 0.6 is 0 Å². The third-order valence-electron chi connectivity index (χ3n) is 6.15. The molecule has 3 atom stereocenters. The van der Waals surface area contributed by atoms with E-state index in [-0.39, 0.29) is 24.9 Å². The maximum Gasteiger partial charge on any atom is 0.333 e. The van der Waals surface area contributed by atoms with Gasteiger partial charge in [0.2, 0.25) is 0 Å². The highest BCUT2D eigenvalue weighted by Crippen LogP contribution is 2.63. The van der Waals surface area contributed by atoms with Crippen LogP contribution in [-0.4, -0.2) is 49.0 Å². The van der Waals surface area contributed by atoms with Gasteiger partial charge in [-0.3, -0.25) is 9.35 Å². The molecule has 3 unspecified atom stereocenters. The fourth-order valence-electron chi connectivity index (χ4n) is 5.56. The van der Waals surface area contributed by atoms with Gasteiger partial charge in [-0.1, -0.05) is 6.58 Å². The molecule has 4 fully saturated rings. The molecule has 0 aliphatic heterocycles. The van der Waals surface area contributed by atoms with Gasteiger partial charge in [0.25, 0.3) is 10.1 Å². The Balaban J connectivity index is 1.64. The second-order valence-electron chi connectivity index (χ2n) is 8.86. The molecule has 4 aliphatic rings. The second-order valence-corrected chi connectivity index (χ2v) is 10.4. The van der Waals surface area contributed by atoms with Gasteiger partial charge in [-0.05, 0) is 50.9 Å². The van der Waals surface area contributed by atoms with E-state index >= 15 is 0 Å². The molecule has 0 heterocycles. The number of hydrogen-bond acceptors (Lipinski definition) is 6. The van der Waals surface area contributed by atoms with Crippen molar-refractivity contribution in [2.45, 2.75) is 63.6 Å². The quantitative estimate of drug-likeness (QED) is 0.367. The van der Waals surface area contributed by atoms with Crippen LogP contribution in [0.4, 0.5) is 4.39 Å². The van der Waals surface area contributed by atoms with Crippen LogP contribution in [0.3, 0.4) is 0 Å². The number of carbonyl (C=O) groups excluding carboxylic acids is 2. The first kappa shape index (κ1) is 21.2. The highest BCUT2D eigenvalue weighted by atomic mass is 32.2. The van der Waals surface area contributed by atoms with Gasteiger partial charge in [0, 0.05) is 18.4 Å². The standard InChI is InChI=1S/C19H27FO7S/c1-12(2)16(21)27-19-8-13-5-14(9-19)7-18(6-13,11-19)17(22)26-4-3-15(20)10-28(23,24)25/h13-15H,1,3-11H2,2H3,(H,23,24,25). The van der Waals surface area contributed by atoms with Gasteiger partial charge < -0.3 is 9.47 Å². The molecule has 0 radical (unpaired) electrons. The molecule has 158 valence electrons. The molecular formula is C19H27FO7S. The average molecular weight is 418 g/mol. The number of halogens is 1. The third kappa shape index (κ3) is 4.56. The van der Waals surface area contributed by atoms with Gasteiger partial charge in [0.1, 0.15) is 17.5 Å².